The number of fused-ring (bicyclic) bond motifs is 1. The fraction of sp³-hybridized carbons (Fsp3) is 0.488. The fourth-order valence-electron chi connectivity index (χ4n) is 7.07. The van der Waals surface area contributed by atoms with E-state index >= 15 is 0 Å². The number of likely N-dealkylation sites (tertiary alicyclic amines) is 1. The molecule has 300 valence electrons. The quantitative estimate of drug-likeness (QED) is 0.191. The number of carbonyl (C=O) groups excluding carboxylic acids is 4. The Balaban J connectivity index is 1.33. The van der Waals surface area contributed by atoms with E-state index < -0.39 is 74.3 Å². The van der Waals surface area contributed by atoms with Crippen molar-refractivity contribution >= 4 is 44.7 Å². The molecule has 6 rings (SSSR count). The standard InChI is InChI=1S/C41H51N5O9S/c1-8-26-22-41(26,38(49)45-56(51,52)29-15-16-29)44-36(47)34-20-28(23-46(34)37(48)33(18-24(2)3)43-39(50)55-40(4,5)6)54-35-21-31(25-12-10-9-11-13-25)42-32-19-27(53-7)14-17-30(32)35/h8-14,17,19,21,24,26,28-29,33-34H,1,15-16,18,20,22-23H2,2-7H3,(H,43,50)(H,44,47)(H,45,49)/t26?,28-,33+,34+,41-/m1/s1. The Labute approximate surface area is 327 Å². The van der Waals surface area contributed by atoms with Crippen molar-refractivity contribution in [2.75, 3.05) is 13.7 Å². The molecule has 3 aliphatic rings. The van der Waals surface area contributed by atoms with Crippen LogP contribution in [-0.4, -0.2) is 90.3 Å². The number of methoxy groups -OCH3 is 1. The first kappa shape index (κ1) is 40.5. The molecular formula is C41H51N5O9S. The number of hydrogen-bond acceptors (Lipinski definition) is 10. The fourth-order valence-corrected chi connectivity index (χ4v) is 8.44. The molecule has 1 unspecified atom stereocenters. The molecule has 3 N–H and O–H groups in total. The van der Waals surface area contributed by atoms with Gasteiger partial charge in [0, 0.05) is 35.4 Å². The normalized spacial score (nSPS) is 22.6. The van der Waals surface area contributed by atoms with Gasteiger partial charge >= 0.3 is 6.09 Å². The van der Waals surface area contributed by atoms with Gasteiger partial charge in [-0.1, -0.05) is 50.3 Å². The lowest BCUT2D eigenvalue weighted by molar-refractivity contribution is -0.141. The van der Waals surface area contributed by atoms with E-state index in [0.29, 0.717) is 40.9 Å². The zero-order valence-corrected chi connectivity index (χ0v) is 33.5. The topological polar surface area (TPSA) is 182 Å². The molecule has 3 fully saturated rings. The van der Waals surface area contributed by atoms with Gasteiger partial charge in [0.2, 0.25) is 21.8 Å². The molecule has 14 nitrogen and oxygen atoms in total. The molecule has 56 heavy (non-hydrogen) atoms. The molecule has 0 spiro atoms. The van der Waals surface area contributed by atoms with Crippen LogP contribution >= 0.6 is 0 Å². The lowest BCUT2D eigenvalue weighted by atomic mass is 10.0. The number of rotatable bonds is 14. The van der Waals surface area contributed by atoms with Crippen LogP contribution in [0.15, 0.2) is 67.3 Å². The predicted molar refractivity (Wildman–Crippen MR) is 210 cm³/mol. The SMILES string of the molecule is C=CC1C[C@]1(NC(=O)[C@@H]1C[C@@H](Oc2cc(-c3ccccc3)nc3cc(OC)ccc23)CN1C(=O)[C@H](CC(C)C)NC(=O)OC(C)(C)C)C(=O)NS(=O)(=O)C1CC1. The number of ether oxygens (including phenoxy) is 3. The number of hydrogen-bond donors (Lipinski definition) is 3. The Hall–Kier alpha value is -5.18. The summed E-state index contributed by atoms with van der Waals surface area (Å²) in [6.45, 7) is 12.7. The van der Waals surface area contributed by atoms with E-state index in [0.717, 1.165) is 5.56 Å². The Morgan fingerprint density at radius 2 is 1.79 bits per heavy atom. The van der Waals surface area contributed by atoms with Crippen molar-refractivity contribution in [2.45, 2.75) is 101 Å². The second-order valence-electron chi connectivity index (χ2n) is 16.2. The highest BCUT2D eigenvalue weighted by atomic mass is 32.2. The predicted octanol–water partition coefficient (Wildman–Crippen LogP) is 4.87. The molecule has 5 atom stereocenters. The van der Waals surface area contributed by atoms with Gasteiger partial charge < -0.3 is 29.7 Å². The van der Waals surface area contributed by atoms with Crippen LogP contribution in [0.25, 0.3) is 22.2 Å². The van der Waals surface area contributed by atoms with Crippen molar-refractivity contribution in [3.8, 4) is 22.8 Å². The maximum atomic E-state index is 14.5. The summed E-state index contributed by atoms with van der Waals surface area (Å²) < 4.78 is 45.3. The summed E-state index contributed by atoms with van der Waals surface area (Å²) in [6.07, 6.45) is 1.32. The zero-order chi connectivity index (χ0) is 40.6. The molecule has 3 aromatic rings. The second kappa shape index (κ2) is 15.8. The smallest absolute Gasteiger partial charge is 0.408 e. The molecule has 0 radical (unpaired) electrons. The minimum absolute atomic E-state index is 0.0237. The molecule has 2 heterocycles. The number of benzene rings is 2. The first-order chi connectivity index (χ1) is 26.4. The average molecular weight is 790 g/mol. The number of nitrogens with zero attached hydrogens (tertiary/aromatic N) is 2. The summed E-state index contributed by atoms with van der Waals surface area (Å²) in [5.74, 6) is -1.53. The van der Waals surface area contributed by atoms with Gasteiger partial charge in [0.1, 0.15) is 40.8 Å². The molecule has 2 saturated carbocycles. The van der Waals surface area contributed by atoms with Gasteiger partial charge in [0.05, 0.1) is 30.1 Å². The number of pyridine rings is 1. The van der Waals surface area contributed by atoms with Gasteiger partial charge in [0.25, 0.3) is 5.91 Å². The average Bonchev–Trinajstić information content (AvgIpc) is 4.07. The molecule has 1 aromatic heterocycles. The third-order valence-electron chi connectivity index (χ3n) is 10.1. The van der Waals surface area contributed by atoms with Gasteiger partial charge in [-0.15, -0.1) is 6.58 Å². The zero-order valence-electron chi connectivity index (χ0n) is 32.7. The highest BCUT2D eigenvalue weighted by Crippen LogP contribution is 2.45. The van der Waals surface area contributed by atoms with Gasteiger partial charge in [0.15, 0.2) is 0 Å². The highest BCUT2D eigenvalue weighted by Gasteiger charge is 2.62. The third-order valence-corrected chi connectivity index (χ3v) is 12.0. The Morgan fingerprint density at radius 3 is 2.39 bits per heavy atom. The van der Waals surface area contributed by atoms with Gasteiger partial charge in [-0.3, -0.25) is 19.1 Å². The summed E-state index contributed by atoms with van der Waals surface area (Å²) >= 11 is 0. The molecule has 1 saturated heterocycles. The largest absolute Gasteiger partial charge is 0.497 e. The highest BCUT2D eigenvalue weighted by molar-refractivity contribution is 7.91. The van der Waals surface area contributed by atoms with Crippen molar-refractivity contribution in [3.05, 3.63) is 67.3 Å². The van der Waals surface area contributed by atoms with Gasteiger partial charge in [-0.2, -0.15) is 0 Å². The van der Waals surface area contributed by atoms with Crippen LogP contribution in [0.3, 0.4) is 0 Å². The lowest BCUT2D eigenvalue weighted by Crippen LogP contribution is -2.58. The van der Waals surface area contributed by atoms with Gasteiger partial charge in [-0.25, -0.2) is 18.2 Å². The van der Waals surface area contributed by atoms with E-state index in [1.165, 1.54) is 11.0 Å². The number of nitrogens with one attached hydrogen (secondary N) is 3. The summed E-state index contributed by atoms with van der Waals surface area (Å²) in [5, 5.41) is 5.56. The first-order valence-electron chi connectivity index (χ1n) is 18.9. The molecule has 2 aromatic carbocycles. The molecule has 4 amide bonds. The first-order valence-corrected chi connectivity index (χ1v) is 20.5. The summed E-state index contributed by atoms with van der Waals surface area (Å²) in [5.41, 5.74) is -0.295. The molecule has 1 aliphatic heterocycles. The maximum Gasteiger partial charge on any atom is 0.408 e. The summed E-state index contributed by atoms with van der Waals surface area (Å²) in [7, 11) is -2.34. The molecule has 2 aliphatic carbocycles. The lowest BCUT2D eigenvalue weighted by Gasteiger charge is -2.31. The Bertz CT molecular complexity index is 2120. The third kappa shape index (κ3) is 9.09. The monoisotopic (exact) mass is 789 g/mol. The van der Waals surface area contributed by atoms with E-state index in [4.69, 9.17) is 19.2 Å². The van der Waals surface area contributed by atoms with Crippen molar-refractivity contribution in [3.63, 3.8) is 0 Å². The van der Waals surface area contributed by atoms with Crippen LogP contribution in [0.1, 0.15) is 66.7 Å². The van der Waals surface area contributed by atoms with Crippen molar-refractivity contribution in [2.24, 2.45) is 11.8 Å². The van der Waals surface area contributed by atoms with Gasteiger partial charge in [-0.05, 0) is 64.5 Å². The maximum absolute atomic E-state index is 14.5. The number of amides is 4. The van der Waals surface area contributed by atoms with Crippen LogP contribution in [-0.2, 0) is 29.1 Å². The number of sulfonamides is 1. The van der Waals surface area contributed by atoms with E-state index in [-0.39, 0.29) is 31.7 Å². The van der Waals surface area contributed by atoms with Crippen LogP contribution in [0.5, 0.6) is 11.5 Å². The van der Waals surface area contributed by atoms with Crippen molar-refractivity contribution in [1.29, 1.82) is 0 Å². The second-order valence-corrected chi connectivity index (χ2v) is 18.2. The molecule has 0 bridgehead atoms. The van der Waals surface area contributed by atoms with Crippen LogP contribution in [0.4, 0.5) is 4.79 Å². The number of alkyl carbamates (subject to hydrolysis) is 1. The van der Waals surface area contributed by atoms with E-state index in [1.807, 2.05) is 56.3 Å². The Kier molecular flexibility index (Phi) is 11.4. The van der Waals surface area contributed by atoms with E-state index in [9.17, 15) is 27.6 Å². The Morgan fingerprint density at radius 1 is 1.07 bits per heavy atom. The minimum Gasteiger partial charge on any atom is -0.497 e. The minimum atomic E-state index is -3.91. The van der Waals surface area contributed by atoms with Crippen LogP contribution in [0.2, 0.25) is 0 Å². The van der Waals surface area contributed by atoms with Crippen molar-refractivity contribution < 1.29 is 41.8 Å². The molecule has 15 heteroatoms. The van der Waals surface area contributed by atoms with Crippen molar-refractivity contribution in [1.82, 2.24) is 25.2 Å². The van der Waals surface area contributed by atoms with E-state index in [2.05, 4.69) is 21.9 Å². The van der Waals surface area contributed by atoms with E-state index in [1.54, 1.807) is 40.0 Å². The number of carbonyl (C=O) groups is 4. The molecular weight excluding hydrogens is 739 g/mol. The summed E-state index contributed by atoms with van der Waals surface area (Å²) in [6, 6.07) is 14.6. The van der Waals surface area contributed by atoms with Crippen LogP contribution in [0, 0.1) is 11.8 Å². The summed E-state index contributed by atoms with van der Waals surface area (Å²) in [4.78, 5) is 61.7. The van der Waals surface area contributed by atoms with Crippen LogP contribution < -0.4 is 24.8 Å². The number of aromatic nitrogens is 1.